The number of carbonyl (C=O) groups is 1. The lowest BCUT2D eigenvalue weighted by Crippen LogP contribution is -2.43. The molecule has 4 fully saturated rings. The maximum absolute atomic E-state index is 13.3. The molecule has 0 saturated heterocycles. The van der Waals surface area contributed by atoms with Crippen LogP contribution < -0.4 is 4.74 Å². The van der Waals surface area contributed by atoms with Crippen molar-refractivity contribution in [1.29, 1.82) is 0 Å². The monoisotopic (exact) mass is 606 g/mol. The average molecular weight is 607 g/mol. The quantitative estimate of drug-likeness (QED) is 0.275. The summed E-state index contributed by atoms with van der Waals surface area (Å²) < 4.78 is 51.6. The molecule has 0 radical (unpaired) electrons. The van der Waals surface area contributed by atoms with Crippen LogP contribution in [-0.4, -0.2) is 27.8 Å². The van der Waals surface area contributed by atoms with E-state index in [0.29, 0.717) is 33.3 Å². The van der Waals surface area contributed by atoms with Crippen molar-refractivity contribution < 1.29 is 32.3 Å². The maximum atomic E-state index is 13.3. The summed E-state index contributed by atoms with van der Waals surface area (Å²) in [6.07, 6.45) is 10.1. The second kappa shape index (κ2) is 10.3. The van der Waals surface area contributed by atoms with Crippen LogP contribution in [0.25, 0.3) is 17.3 Å². The molecule has 2 heterocycles. The van der Waals surface area contributed by atoms with Crippen LogP contribution in [0.2, 0.25) is 10.0 Å². The van der Waals surface area contributed by atoms with Gasteiger partial charge in [-0.1, -0.05) is 40.5 Å². The number of carboxylic acid groups (broad SMARTS) is 1. The van der Waals surface area contributed by atoms with Gasteiger partial charge in [0.05, 0.1) is 27.8 Å². The zero-order valence-corrected chi connectivity index (χ0v) is 23.5. The Hall–Kier alpha value is -3.04. The number of alkyl halides is 3. The van der Waals surface area contributed by atoms with Crippen LogP contribution in [0, 0.1) is 10.8 Å². The number of nitrogens with zero attached hydrogens (tertiary/aromatic N) is 2. The molecule has 3 aromatic rings. The van der Waals surface area contributed by atoms with Crippen LogP contribution >= 0.6 is 23.2 Å². The molecule has 1 aromatic carbocycles. The number of hydrogen-bond acceptors (Lipinski definition) is 5. The van der Waals surface area contributed by atoms with Gasteiger partial charge >= 0.3 is 12.1 Å². The largest absolute Gasteiger partial charge is 0.493 e. The molecule has 41 heavy (non-hydrogen) atoms. The number of aromatic nitrogens is 2. The summed E-state index contributed by atoms with van der Waals surface area (Å²) >= 11 is 12.9. The Morgan fingerprint density at radius 3 is 2.32 bits per heavy atom. The van der Waals surface area contributed by atoms with Crippen LogP contribution in [0.4, 0.5) is 13.2 Å². The fourth-order valence-electron chi connectivity index (χ4n) is 6.15. The first kappa shape index (κ1) is 28.1. The number of hydrogen-bond donors (Lipinski definition) is 1. The Labute approximate surface area is 244 Å². The number of ether oxygens (including phenoxy) is 1. The van der Waals surface area contributed by atoms with E-state index in [1.165, 1.54) is 12.4 Å². The SMILES string of the molecule is O=C(O)c1cc(OCC23CCC(C=Cc4c(-c5c(Cl)cncc5Cl)noc4C4CC4)(CC2)CC3)cc(C(F)(F)F)c1. The zero-order chi connectivity index (χ0) is 29.0. The minimum atomic E-state index is -4.67. The molecule has 11 heteroatoms. The van der Waals surface area contributed by atoms with Gasteiger partial charge < -0.3 is 14.4 Å². The van der Waals surface area contributed by atoms with Crippen molar-refractivity contribution in [1.82, 2.24) is 10.1 Å². The van der Waals surface area contributed by atoms with Gasteiger partial charge in [0.1, 0.15) is 17.2 Å². The van der Waals surface area contributed by atoms with E-state index in [0.717, 1.165) is 74.8 Å². The first-order valence-electron chi connectivity index (χ1n) is 13.5. The average Bonchev–Trinajstić information content (AvgIpc) is 3.71. The lowest BCUT2D eigenvalue weighted by molar-refractivity contribution is -0.137. The fourth-order valence-corrected chi connectivity index (χ4v) is 6.70. The van der Waals surface area contributed by atoms with Crippen molar-refractivity contribution in [3.8, 4) is 17.0 Å². The molecule has 7 rings (SSSR count). The predicted molar refractivity (Wildman–Crippen MR) is 147 cm³/mol. The van der Waals surface area contributed by atoms with E-state index in [9.17, 15) is 23.1 Å². The summed E-state index contributed by atoms with van der Waals surface area (Å²) in [7, 11) is 0. The molecular weight excluding hydrogens is 580 g/mol. The van der Waals surface area contributed by atoms with Gasteiger partial charge in [0.2, 0.25) is 0 Å². The minimum absolute atomic E-state index is 0.0182. The van der Waals surface area contributed by atoms with Gasteiger partial charge in [-0.25, -0.2) is 4.79 Å². The van der Waals surface area contributed by atoms with Crippen LogP contribution in [-0.2, 0) is 6.18 Å². The van der Waals surface area contributed by atoms with Gasteiger partial charge in [0.15, 0.2) is 0 Å². The first-order chi connectivity index (χ1) is 19.5. The summed E-state index contributed by atoms with van der Waals surface area (Å²) in [5.74, 6) is -0.337. The van der Waals surface area contributed by atoms with Crippen molar-refractivity contribution in [3.63, 3.8) is 0 Å². The van der Waals surface area contributed by atoms with E-state index in [-0.39, 0.29) is 23.2 Å². The van der Waals surface area contributed by atoms with Crippen molar-refractivity contribution in [3.05, 3.63) is 69.2 Å². The third kappa shape index (κ3) is 5.58. The molecule has 4 saturated carbocycles. The van der Waals surface area contributed by atoms with Gasteiger partial charge in [0, 0.05) is 34.9 Å². The highest BCUT2D eigenvalue weighted by Gasteiger charge is 2.48. The molecule has 0 atom stereocenters. The van der Waals surface area contributed by atoms with Crippen molar-refractivity contribution >= 4 is 35.2 Å². The molecule has 2 aromatic heterocycles. The van der Waals surface area contributed by atoms with E-state index >= 15 is 0 Å². The standard InChI is InChI=1S/C30H27Cl2F3N2O4/c31-22-14-36-15-23(32)24(22)25-21(26(41-37-25)17-1-2-17)3-4-28-5-8-29(9-6-28,10-7-28)16-40-20-12-18(27(38)39)11-19(13-20)30(33,34)35/h3-4,11-15,17H,1-2,5-10,16H2,(H,38,39). The van der Waals surface area contributed by atoms with Gasteiger partial charge in [-0.05, 0) is 75.0 Å². The van der Waals surface area contributed by atoms with E-state index in [1.54, 1.807) is 0 Å². The highest BCUT2D eigenvalue weighted by atomic mass is 35.5. The molecule has 0 unspecified atom stereocenters. The number of fused-ring (bicyclic) bond motifs is 3. The molecular formula is C30H27Cl2F3N2O4. The number of allylic oxidation sites excluding steroid dienone is 1. The van der Waals surface area contributed by atoms with E-state index in [4.69, 9.17) is 32.5 Å². The normalized spacial score (nSPS) is 24.2. The topological polar surface area (TPSA) is 85.5 Å². The predicted octanol–water partition coefficient (Wildman–Crippen LogP) is 9.07. The third-order valence-corrected chi connectivity index (χ3v) is 9.46. The summed E-state index contributed by atoms with van der Waals surface area (Å²) in [5, 5.41) is 14.4. The Morgan fingerprint density at radius 1 is 1.07 bits per heavy atom. The second-order valence-electron chi connectivity index (χ2n) is 11.6. The minimum Gasteiger partial charge on any atom is -0.493 e. The highest BCUT2D eigenvalue weighted by molar-refractivity contribution is 6.39. The third-order valence-electron chi connectivity index (χ3n) is 8.88. The number of aromatic carboxylic acids is 1. The van der Waals surface area contributed by atoms with Crippen LogP contribution in [0.1, 0.15) is 84.5 Å². The lowest BCUT2D eigenvalue weighted by atomic mass is 9.54. The first-order valence-corrected chi connectivity index (χ1v) is 14.3. The summed E-state index contributed by atoms with van der Waals surface area (Å²) in [6, 6.07) is 2.65. The number of rotatable bonds is 8. The summed E-state index contributed by atoms with van der Waals surface area (Å²) in [6.45, 7) is 0.244. The number of halogens is 5. The lowest BCUT2D eigenvalue weighted by Gasteiger charge is -2.52. The molecule has 0 spiro atoms. The van der Waals surface area contributed by atoms with Crippen molar-refractivity contribution in [2.24, 2.45) is 10.8 Å². The maximum Gasteiger partial charge on any atom is 0.416 e. The molecule has 0 aliphatic heterocycles. The van der Waals surface area contributed by atoms with E-state index in [2.05, 4.69) is 22.3 Å². The van der Waals surface area contributed by atoms with Crippen molar-refractivity contribution in [2.75, 3.05) is 6.61 Å². The van der Waals surface area contributed by atoms with Crippen LogP contribution in [0.15, 0.2) is 41.2 Å². The molecule has 1 N–H and O–H groups in total. The summed E-state index contributed by atoms with van der Waals surface area (Å²) in [4.78, 5) is 15.4. The van der Waals surface area contributed by atoms with E-state index in [1.807, 2.05) is 0 Å². The smallest absolute Gasteiger partial charge is 0.416 e. The van der Waals surface area contributed by atoms with Gasteiger partial charge in [-0.3, -0.25) is 4.98 Å². The van der Waals surface area contributed by atoms with Gasteiger partial charge in [0.25, 0.3) is 0 Å². The molecule has 0 amide bonds. The van der Waals surface area contributed by atoms with Crippen molar-refractivity contribution in [2.45, 2.75) is 63.5 Å². The number of benzene rings is 1. The summed E-state index contributed by atoms with van der Waals surface area (Å²) in [5.41, 5.74) is 0.434. The zero-order valence-electron chi connectivity index (χ0n) is 21.9. The van der Waals surface area contributed by atoms with Gasteiger partial charge in [-0.2, -0.15) is 13.2 Å². The molecule has 4 aliphatic carbocycles. The Bertz CT molecular complexity index is 1490. The second-order valence-corrected chi connectivity index (χ2v) is 12.4. The Kier molecular flexibility index (Phi) is 7.09. The van der Waals surface area contributed by atoms with Crippen LogP contribution in [0.5, 0.6) is 5.75 Å². The highest BCUT2D eigenvalue weighted by Crippen LogP contribution is 2.58. The molecule has 4 aliphatic rings. The van der Waals surface area contributed by atoms with Crippen LogP contribution in [0.3, 0.4) is 0 Å². The molecule has 6 nitrogen and oxygen atoms in total. The Morgan fingerprint density at radius 2 is 1.73 bits per heavy atom. The number of pyridine rings is 1. The van der Waals surface area contributed by atoms with Gasteiger partial charge in [-0.15, -0.1) is 0 Å². The Balaban J connectivity index is 1.19. The van der Waals surface area contributed by atoms with E-state index < -0.39 is 23.3 Å². The molecule has 216 valence electrons. The number of carboxylic acids is 1. The fraction of sp³-hybridized carbons (Fsp3) is 0.433. The molecule has 2 bridgehead atoms.